The number of hydrogen-bond donors (Lipinski definition) is 1. The molecule has 22 heavy (non-hydrogen) atoms. The zero-order valence-electron chi connectivity index (χ0n) is 12.7. The van der Waals surface area contributed by atoms with E-state index in [1.165, 1.54) is 4.31 Å². The minimum absolute atomic E-state index is 0.0477. The van der Waals surface area contributed by atoms with Gasteiger partial charge in [0.25, 0.3) is 0 Å². The summed E-state index contributed by atoms with van der Waals surface area (Å²) < 4.78 is 31.7. The normalized spacial score (nSPS) is 23.0. The molecular weight excluding hydrogens is 304 g/mol. The third-order valence-electron chi connectivity index (χ3n) is 3.36. The molecule has 0 radical (unpaired) electrons. The lowest BCUT2D eigenvalue weighted by molar-refractivity contribution is -0.0440. The van der Waals surface area contributed by atoms with Crippen molar-refractivity contribution in [1.82, 2.24) is 9.29 Å². The molecule has 1 fully saturated rings. The third-order valence-corrected chi connectivity index (χ3v) is 5.17. The number of rotatable bonds is 5. The molecule has 1 aromatic rings. The van der Waals surface area contributed by atoms with Crippen LogP contribution in [0.25, 0.3) is 0 Å². The van der Waals surface area contributed by atoms with Gasteiger partial charge in [0.2, 0.25) is 10.0 Å². The number of hydrogen-bond acceptors (Lipinski definition) is 6. The maximum atomic E-state index is 12.4. The zero-order valence-corrected chi connectivity index (χ0v) is 13.5. The third kappa shape index (κ3) is 4.16. The maximum Gasteiger partial charge on any atom is 0.216 e. The molecule has 1 aliphatic heterocycles. The molecule has 0 unspecified atom stereocenters. The zero-order chi connectivity index (χ0) is 16.2. The number of sulfonamides is 1. The van der Waals surface area contributed by atoms with Crippen LogP contribution in [-0.4, -0.2) is 55.3 Å². The summed E-state index contributed by atoms with van der Waals surface area (Å²) in [6.45, 7) is 4.68. The summed E-state index contributed by atoms with van der Waals surface area (Å²) in [6, 6.07) is 5.31. The molecule has 0 amide bonds. The predicted molar refractivity (Wildman–Crippen MR) is 82.8 cm³/mol. The Morgan fingerprint density at radius 2 is 2.14 bits per heavy atom. The van der Waals surface area contributed by atoms with E-state index in [9.17, 15) is 8.42 Å². The van der Waals surface area contributed by atoms with Crippen molar-refractivity contribution in [3.8, 4) is 6.07 Å². The first-order chi connectivity index (χ1) is 10.4. The number of nitrogens with zero attached hydrogens (tertiary/aromatic N) is 3. The predicted octanol–water partition coefficient (Wildman–Crippen LogP) is 0.804. The van der Waals surface area contributed by atoms with Gasteiger partial charge in [0.1, 0.15) is 11.9 Å². The first-order valence-corrected chi connectivity index (χ1v) is 8.75. The minimum Gasteiger partial charge on any atom is -0.373 e. The number of pyridine rings is 1. The van der Waals surface area contributed by atoms with E-state index in [1.54, 1.807) is 18.3 Å². The summed E-state index contributed by atoms with van der Waals surface area (Å²) in [5, 5.41) is 11.9. The molecule has 120 valence electrons. The number of morpholine rings is 1. The average molecular weight is 324 g/mol. The molecular formula is C14H20N4O3S. The molecule has 2 rings (SSSR count). The highest BCUT2D eigenvalue weighted by molar-refractivity contribution is 7.89. The van der Waals surface area contributed by atoms with Crippen LogP contribution < -0.4 is 5.32 Å². The largest absolute Gasteiger partial charge is 0.373 e. The molecule has 1 saturated heterocycles. The molecule has 0 aliphatic carbocycles. The topological polar surface area (TPSA) is 95.3 Å². The Kier molecular flexibility index (Phi) is 5.34. The summed E-state index contributed by atoms with van der Waals surface area (Å²) in [6.07, 6.45) is 1.35. The number of anilines is 1. The number of ether oxygens (including phenoxy) is 1. The van der Waals surface area contributed by atoms with Gasteiger partial charge in [-0.15, -0.1) is 0 Å². The van der Waals surface area contributed by atoms with E-state index < -0.39 is 10.0 Å². The first-order valence-electron chi connectivity index (χ1n) is 7.14. The van der Waals surface area contributed by atoms with Crippen molar-refractivity contribution in [1.29, 1.82) is 5.26 Å². The van der Waals surface area contributed by atoms with E-state index in [4.69, 9.17) is 10.00 Å². The highest BCUT2D eigenvalue weighted by Crippen LogP contribution is 2.15. The number of nitriles is 1. The van der Waals surface area contributed by atoms with Crippen LogP contribution in [0.1, 0.15) is 19.4 Å². The standard InChI is InChI=1S/C14H20N4O3S/c1-11-9-18(10-12(2)21-11)22(19,20)7-6-17-14-13(8-15)4-3-5-16-14/h3-5,11-12H,6-7,9-10H2,1-2H3,(H,16,17)/t11-,12-/m1/s1. The van der Waals surface area contributed by atoms with Crippen LogP contribution in [-0.2, 0) is 14.8 Å². The van der Waals surface area contributed by atoms with Crippen LogP contribution in [0, 0.1) is 11.3 Å². The van der Waals surface area contributed by atoms with Gasteiger partial charge in [-0.3, -0.25) is 0 Å². The Hall–Kier alpha value is -1.69. The van der Waals surface area contributed by atoms with Gasteiger partial charge in [0, 0.05) is 25.8 Å². The Balaban J connectivity index is 1.94. The average Bonchev–Trinajstić information content (AvgIpc) is 2.46. The molecule has 1 N–H and O–H groups in total. The van der Waals surface area contributed by atoms with Crippen LogP contribution >= 0.6 is 0 Å². The van der Waals surface area contributed by atoms with E-state index in [0.29, 0.717) is 24.5 Å². The van der Waals surface area contributed by atoms with Gasteiger partial charge < -0.3 is 10.1 Å². The fourth-order valence-corrected chi connectivity index (χ4v) is 3.91. The maximum absolute atomic E-state index is 12.4. The van der Waals surface area contributed by atoms with Gasteiger partial charge in [0.15, 0.2) is 0 Å². The van der Waals surface area contributed by atoms with Gasteiger partial charge in [-0.05, 0) is 26.0 Å². The molecule has 7 nitrogen and oxygen atoms in total. The van der Waals surface area contributed by atoms with Gasteiger partial charge in [-0.1, -0.05) is 0 Å². The van der Waals surface area contributed by atoms with Crippen LogP contribution in [0.4, 0.5) is 5.82 Å². The van der Waals surface area contributed by atoms with Gasteiger partial charge in [0.05, 0.1) is 23.5 Å². The second kappa shape index (κ2) is 7.05. The summed E-state index contributed by atoms with van der Waals surface area (Å²) >= 11 is 0. The Morgan fingerprint density at radius 3 is 2.77 bits per heavy atom. The Labute approximate surface area is 131 Å². The fraction of sp³-hybridized carbons (Fsp3) is 0.571. The molecule has 0 spiro atoms. The molecule has 0 saturated carbocycles. The molecule has 1 aromatic heterocycles. The van der Waals surface area contributed by atoms with E-state index >= 15 is 0 Å². The SMILES string of the molecule is C[C@@H]1CN(S(=O)(=O)CCNc2ncccc2C#N)C[C@@H](C)O1. The first kappa shape index (κ1) is 16.7. The van der Waals surface area contributed by atoms with E-state index in [2.05, 4.69) is 10.3 Å². The van der Waals surface area contributed by atoms with Crippen molar-refractivity contribution < 1.29 is 13.2 Å². The van der Waals surface area contributed by atoms with Crippen molar-refractivity contribution in [2.24, 2.45) is 0 Å². The van der Waals surface area contributed by atoms with Crippen LogP contribution in [0.15, 0.2) is 18.3 Å². The highest BCUT2D eigenvalue weighted by atomic mass is 32.2. The second-order valence-electron chi connectivity index (χ2n) is 5.33. The Bertz CT molecular complexity index is 646. The van der Waals surface area contributed by atoms with Crippen LogP contribution in [0.2, 0.25) is 0 Å². The lowest BCUT2D eigenvalue weighted by Crippen LogP contribution is -2.49. The summed E-state index contributed by atoms with van der Waals surface area (Å²) in [7, 11) is -3.36. The van der Waals surface area contributed by atoms with E-state index in [0.717, 1.165) is 0 Å². The van der Waals surface area contributed by atoms with E-state index in [1.807, 2.05) is 19.9 Å². The highest BCUT2D eigenvalue weighted by Gasteiger charge is 2.30. The lowest BCUT2D eigenvalue weighted by Gasteiger charge is -2.34. The van der Waals surface area contributed by atoms with Gasteiger partial charge in [-0.25, -0.2) is 13.4 Å². The second-order valence-corrected chi connectivity index (χ2v) is 7.42. The number of aromatic nitrogens is 1. The molecule has 1 aliphatic rings. The van der Waals surface area contributed by atoms with Crippen LogP contribution in [0.5, 0.6) is 0 Å². The monoisotopic (exact) mass is 324 g/mol. The summed E-state index contributed by atoms with van der Waals surface area (Å²) in [5.74, 6) is 0.359. The molecule has 8 heteroatoms. The van der Waals surface area contributed by atoms with Gasteiger partial charge in [-0.2, -0.15) is 9.57 Å². The number of nitrogens with one attached hydrogen (secondary N) is 1. The molecule has 2 heterocycles. The molecule has 0 bridgehead atoms. The van der Waals surface area contributed by atoms with Crippen molar-refractivity contribution in [2.75, 3.05) is 30.7 Å². The molecule has 2 atom stereocenters. The quantitative estimate of drug-likeness (QED) is 0.861. The van der Waals surface area contributed by atoms with Crippen molar-refractivity contribution >= 4 is 15.8 Å². The van der Waals surface area contributed by atoms with Gasteiger partial charge >= 0.3 is 0 Å². The smallest absolute Gasteiger partial charge is 0.216 e. The Morgan fingerprint density at radius 1 is 1.45 bits per heavy atom. The minimum atomic E-state index is -3.36. The van der Waals surface area contributed by atoms with E-state index in [-0.39, 0.29) is 24.5 Å². The summed E-state index contributed by atoms with van der Waals surface area (Å²) in [4.78, 5) is 4.04. The fourth-order valence-electron chi connectivity index (χ4n) is 2.42. The van der Waals surface area contributed by atoms with Crippen molar-refractivity contribution in [2.45, 2.75) is 26.1 Å². The van der Waals surface area contributed by atoms with Crippen LogP contribution in [0.3, 0.4) is 0 Å². The molecule has 0 aromatic carbocycles. The van der Waals surface area contributed by atoms with Crippen molar-refractivity contribution in [3.63, 3.8) is 0 Å². The lowest BCUT2D eigenvalue weighted by atomic mass is 10.3. The van der Waals surface area contributed by atoms with Crippen molar-refractivity contribution in [3.05, 3.63) is 23.9 Å². The summed E-state index contributed by atoms with van der Waals surface area (Å²) in [5.41, 5.74) is 0.397.